The van der Waals surface area contributed by atoms with E-state index in [1.165, 1.54) is 0 Å². The second kappa shape index (κ2) is 14.2. The van der Waals surface area contributed by atoms with Gasteiger partial charge in [-0.2, -0.15) is 0 Å². The first-order valence-electron chi connectivity index (χ1n) is 7.52. The SMILES string of the molecule is O=C(CP(=O)([O-])[O-])NCCCc1cccc(Oc2ccccc2)c1.[K+].[K+]. The molecule has 0 aliphatic heterocycles. The van der Waals surface area contributed by atoms with Crippen LogP contribution in [0.2, 0.25) is 0 Å². The minimum atomic E-state index is -4.80. The standard InChI is InChI=1S/C17H20NO5P.2K/c19-17(13-24(20,21)22)18-11-5-7-14-6-4-10-16(12-14)23-15-8-2-1-3-9-15;;/h1-4,6,8-10,12H,5,7,11,13H2,(H,18,19)(H2,20,21,22);;/q;2*+1/p-2. The minimum absolute atomic E-state index is 0. The first kappa shape index (κ1) is 27.1. The maximum absolute atomic E-state index is 11.2. The van der Waals surface area contributed by atoms with Crippen LogP contribution in [0.3, 0.4) is 0 Å². The molecule has 2 rings (SSSR count). The molecular weight excluding hydrogens is 407 g/mol. The van der Waals surface area contributed by atoms with E-state index in [-0.39, 0.29) is 103 Å². The first-order chi connectivity index (χ1) is 11.4. The number of para-hydroxylation sites is 1. The van der Waals surface area contributed by atoms with Gasteiger partial charge in [0.25, 0.3) is 0 Å². The van der Waals surface area contributed by atoms with E-state index in [4.69, 9.17) is 4.74 Å². The third-order valence-electron chi connectivity index (χ3n) is 3.18. The van der Waals surface area contributed by atoms with Crippen molar-refractivity contribution < 1.29 is 127 Å². The van der Waals surface area contributed by atoms with Gasteiger partial charge < -0.3 is 24.4 Å². The number of amides is 1. The van der Waals surface area contributed by atoms with Crippen LogP contribution in [-0.2, 0) is 15.8 Å². The molecule has 1 N–H and O–H groups in total. The van der Waals surface area contributed by atoms with E-state index in [1.54, 1.807) is 0 Å². The molecule has 0 saturated carbocycles. The van der Waals surface area contributed by atoms with Gasteiger partial charge in [0.2, 0.25) is 5.91 Å². The predicted molar refractivity (Wildman–Crippen MR) is 86.8 cm³/mol. The summed E-state index contributed by atoms with van der Waals surface area (Å²) in [4.78, 5) is 32.2. The Morgan fingerprint density at radius 2 is 1.65 bits per heavy atom. The number of hydrogen-bond acceptors (Lipinski definition) is 5. The van der Waals surface area contributed by atoms with Crippen molar-refractivity contribution in [2.24, 2.45) is 0 Å². The number of carbonyl (C=O) groups is 1. The summed E-state index contributed by atoms with van der Waals surface area (Å²) >= 11 is 0. The Morgan fingerprint density at radius 1 is 1.00 bits per heavy atom. The van der Waals surface area contributed by atoms with Crippen molar-refractivity contribution in [3.8, 4) is 11.5 Å². The van der Waals surface area contributed by atoms with Crippen LogP contribution in [0.1, 0.15) is 12.0 Å². The average Bonchev–Trinajstić information content (AvgIpc) is 2.51. The third-order valence-corrected chi connectivity index (χ3v) is 3.85. The molecule has 128 valence electrons. The fraction of sp³-hybridized carbons (Fsp3) is 0.235. The van der Waals surface area contributed by atoms with Gasteiger partial charge in [-0.05, 0) is 42.7 Å². The Morgan fingerprint density at radius 3 is 2.31 bits per heavy atom. The van der Waals surface area contributed by atoms with Crippen LogP contribution in [0, 0.1) is 0 Å². The van der Waals surface area contributed by atoms with Gasteiger partial charge in [-0.1, -0.05) is 37.9 Å². The molecule has 0 fully saturated rings. The van der Waals surface area contributed by atoms with Gasteiger partial charge in [0.15, 0.2) is 0 Å². The first-order valence-corrected chi connectivity index (χ1v) is 9.25. The van der Waals surface area contributed by atoms with E-state index in [9.17, 15) is 19.1 Å². The number of hydrogen-bond donors (Lipinski definition) is 1. The molecule has 0 bridgehead atoms. The van der Waals surface area contributed by atoms with Crippen molar-refractivity contribution in [3.63, 3.8) is 0 Å². The average molecular weight is 426 g/mol. The van der Waals surface area contributed by atoms with Crippen LogP contribution < -0.4 is 123 Å². The normalized spacial score (nSPS) is 10.2. The molecule has 0 heterocycles. The number of ether oxygens (including phenoxy) is 1. The topological polar surface area (TPSA) is 102 Å². The molecule has 0 spiro atoms. The van der Waals surface area contributed by atoms with E-state index in [0.717, 1.165) is 17.1 Å². The molecule has 0 aliphatic carbocycles. The summed E-state index contributed by atoms with van der Waals surface area (Å²) < 4.78 is 16.2. The zero-order valence-electron chi connectivity index (χ0n) is 15.0. The van der Waals surface area contributed by atoms with E-state index in [1.807, 2.05) is 54.6 Å². The van der Waals surface area contributed by atoms with Crippen LogP contribution in [0.4, 0.5) is 0 Å². The van der Waals surface area contributed by atoms with Crippen LogP contribution >= 0.6 is 7.60 Å². The summed E-state index contributed by atoms with van der Waals surface area (Å²) in [6, 6.07) is 17.0. The summed E-state index contributed by atoms with van der Waals surface area (Å²) in [7, 11) is -4.80. The molecule has 1 amide bonds. The van der Waals surface area contributed by atoms with Gasteiger partial charge in [0.05, 0.1) is 6.16 Å². The van der Waals surface area contributed by atoms with Gasteiger partial charge >= 0.3 is 103 Å². The quantitative estimate of drug-likeness (QED) is 0.261. The van der Waals surface area contributed by atoms with E-state index >= 15 is 0 Å². The zero-order chi connectivity index (χ0) is 17.4. The van der Waals surface area contributed by atoms with E-state index in [0.29, 0.717) is 19.4 Å². The Balaban J connectivity index is 0.00000312. The van der Waals surface area contributed by atoms with Crippen molar-refractivity contribution in [2.45, 2.75) is 12.8 Å². The van der Waals surface area contributed by atoms with Crippen molar-refractivity contribution in [2.75, 3.05) is 12.7 Å². The van der Waals surface area contributed by atoms with Crippen LogP contribution in [0.5, 0.6) is 11.5 Å². The molecule has 26 heavy (non-hydrogen) atoms. The van der Waals surface area contributed by atoms with Crippen molar-refractivity contribution in [3.05, 3.63) is 60.2 Å². The summed E-state index contributed by atoms with van der Waals surface area (Å²) in [5.41, 5.74) is 1.04. The summed E-state index contributed by atoms with van der Waals surface area (Å²) in [5.74, 6) is 0.715. The number of aryl methyl sites for hydroxylation is 1. The maximum Gasteiger partial charge on any atom is 1.00 e. The van der Waals surface area contributed by atoms with Crippen molar-refractivity contribution >= 4 is 13.5 Å². The number of nitrogens with one attached hydrogen (secondary N) is 1. The maximum atomic E-state index is 11.2. The largest absolute Gasteiger partial charge is 1.00 e. The van der Waals surface area contributed by atoms with Crippen molar-refractivity contribution in [1.82, 2.24) is 5.32 Å². The molecular formula is C17H18K2NO5P. The number of carbonyl (C=O) groups excluding carboxylic acids is 1. The van der Waals surface area contributed by atoms with Gasteiger partial charge in [-0.15, -0.1) is 0 Å². The molecule has 2 aromatic carbocycles. The fourth-order valence-corrected chi connectivity index (χ4v) is 2.60. The van der Waals surface area contributed by atoms with E-state index in [2.05, 4.69) is 5.32 Å². The van der Waals surface area contributed by atoms with E-state index < -0.39 is 19.7 Å². The molecule has 6 nitrogen and oxygen atoms in total. The monoisotopic (exact) mass is 425 g/mol. The molecule has 0 saturated heterocycles. The Kier molecular flexibility index (Phi) is 14.8. The summed E-state index contributed by atoms with van der Waals surface area (Å²) in [6.07, 6.45) is 0.328. The third kappa shape index (κ3) is 11.9. The second-order valence-electron chi connectivity index (χ2n) is 5.29. The summed E-state index contributed by atoms with van der Waals surface area (Å²) in [6.45, 7) is 0.308. The van der Waals surface area contributed by atoms with Crippen LogP contribution in [-0.4, -0.2) is 18.6 Å². The number of rotatable bonds is 8. The molecule has 9 heteroatoms. The molecule has 0 atom stereocenters. The molecule has 0 radical (unpaired) electrons. The van der Waals surface area contributed by atoms with Gasteiger partial charge in [0.1, 0.15) is 11.5 Å². The Bertz CT molecular complexity index is 724. The van der Waals surface area contributed by atoms with Crippen LogP contribution in [0.25, 0.3) is 0 Å². The summed E-state index contributed by atoms with van der Waals surface area (Å²) in [5, 5.41) is 2.42. The zero-order valence-corrected chi connectivity index (χ0v) is 22.2. The fourth-order valence-electron chi connectivity index (χ4n) is 2.14. The van der Waals surface area contributed by atoms with Crippen LogP contribution in [0.15, 0.2) is 54.6 Å². The predicted octanol–water partition coefficient (Wildman–Crippen LogP) is -4.55. The second-order valence-corrected chi connectivity index (χ2v) is 6.82. The van der Waals surface area contributed by atoms with Crippen molar-refractivity contribution in [1.29, 1.82) is 0 Å². The van der Waals surface area contributed by atoms with Gasteiger partial charge in [-0.3, -0.25) is 4.79 Å². The smallest absolute Gasteiger partial charge is 0.810 e. The Labute approximate surface area is 238 Å². The molecule has 0 unspecified atom stereocenters. The minimum Gasteiger partial charge on any atom is -0.810 e. The molecule has 0 aromatic heterocycles. The molecule has 0 aliphatic rings. The Hall–Kier alpha value is 1.13. The van der Waals surface area contributed by atoms with Gasteiger partial charge in [0, 0.05) is 6.54 Å². The molecule has 2 aromatic rings. The van der Waals surface area contributed by atoms with Gasteiger partial charge in [-0.25, -0.2) is 0 Å². The number of benzene rings is 2.